The molecule has 2 N–H and O–H groups in total. The summed E-state index contributed by atoms with van der Waals surface area (Å²) in [6, 6.07) is 0. The highest BCUT2D eigenvalue weighted by Gasteiger charge is 2.30. The average Bonchev–Trinajstić information content (AvgIpc) is 1.98. The summed E-state index contributed by atoms with van der Waals surface area (Å²) in [4.78, 5) is 23.1. The minimum Gasteiger partial charge on any atom is -0.279 e. The molecule has 0 aliphatic heterocycles. The Balaban J connectivity index is 4.39. The van der Waals surface area contributed by atoms with Crippen LogP contribution in [0.5, 0.6) is 0 Å². The van der Waals surface area contributed by atoms with E-state index in [1.165, 1.54) is 0 Å². The lowest BCUT2D eigenvalue weighted by Crippen LogP contribution is -2.45. The standard InChI is InChI=1S/C12H20N2O2/c1-8(9(15)14-12(5,6)7)13-10(16)11(2,3)4/h1H,2-7H3,(H-,13,14,15,16)/p+1. The van der Waals surface area contributed by atoms with Crippen molar-refractivity contribution in [2.45, 2.75) is 47.1 Å². The monoisotopic (exact) mass is 225 g/mol. The van der Waals surface area contributed by atoms with Crippen molar-refractivity contribution < 1.29 is 9.59 Å². The molecular formula is C12H21N2O2+. The molecule has 0 aliphatic carbocycles. The van der Waals surface area contributed by atoms with Crippen LogP contribution in [-0.2, 0) is 9.59 Å². The van der Waals surface area contributed by atoms with Crippen LogP contribution in [0.25, 0.3) is 0 Å². The summed E-state index contributed by atoms with van der Waals surface area (Å²) in [6.45, 7) is 16.2. The fourth-order valence-corrected chi connectivity index (χ4v) is 0.775. The van der Waals surface area contributed by atoms with E-state index in [1.54, 1.807) is 20.8 Å². The molecular weight excluding hydrogens is 204 g/mol. The molecule has 16 heavy (non-hydrogen) atoms. The summed E-state index contributed by atoms with van der Waals surface area (Å²) >= 11 is 0. The highest BCUT2D eigenvalue weighted by molar-refractivity contribution is 5.97. The topological polar surface area (TPSA) is 58.2 Å². The van der Waals surface area contributed by atoms with E-state index in [2.05, 4.69) is 10.6 Å². The summed E-state index contributed by atoms with van der Waals surface area (Å²) in [5, 5.41) is 5.05. The first-order valence-corrected chi connectivity index (χ1v) is 5.20. The fraction of sp³-hybridized carbons (Fsp3) is 0.667. The molecule has 4 nitrogen and oxygen atoms in total. The molecule has 2 amide bonds. The van der Waals surface area contributed by atoms with Gasteiger partial charge in [-0.15, -0.1) is 4.79 Å². The van der Waals surface area contributed by atoms with Crippen LogP contribution in [0.3, 0.4) is 0 Å². The van der Waals surface area contributed by atoms with E-state index in [0.29, 0.717) is 0 Å². The lowest BCUT2D eigenvalue weighted by atomic mass is 9.95. The Hall–Kier alpha value is -1.41. The summed E-state index contributed by atoms with van der Waals surface area (Å²) in [7, 11) is 0. The molecule has 0 saturated heterocycles. The number of rotatable bonds is 2. The summed E-state index contributed by atoms with van der Waals surface area (Å²) in [5.74, 6) is -0.751. The molecule has 0 heterocycles. The zero-order valence-electron chi connectivity index (χ0n) is 10.9. The van der Waals surface area contributed by atoms with Crippen LogP contribution in [0.1, 0.15) is 41.5 Å². The Morgan fingerprint density at radius 1 is 1.00 bits per heavy atom. The number of hydrogen-bond acceptors (Lipinski definition) is 2. The normalized spacial score (nSPS) is 11.8. The van der Waals surface area contributed by atoms with Crippen LogP contribution < -0.4 is 10.6 Å². The predicted octanol–water partition coefficient (Wildman–Crippen LogP) is 1.38. The van der Waals surface area contributed by atoms with E-state index >= 15 is 0 Å². The van der Waals surface area contributed by atoms with Crippen molar-refractivity contribution in [1.29, 1.82) is 0 Å². The minimum absolute atomic E-state index is 0.171. The molecule has 0 fully saturated rings. The van der Waals surface area contributed by atoms with Crippen molar-refractivity contribution in [2.75, 3.05) is 0 Å². The number of hydrogen-bond donors (Lipinski definition) is 2. The van der Waals surface area contributed by atoms with Gasteiger partial charge in [-0.25, -0.2) is 0 Å². The molecule has 0 aliphatic rings. The molecule has 0 saturated carbocycles. The van der Waals surface area contributed by atoms with Crippen molar-refractivity contribution in [2.24, 2.45) is 5.41 Å². The Morgan fingerprint density at radius 2 is 1.44 bits per heavy atom. The van der Waals surface area contributed by atoms with Gasteiger partial charge in [-0.2, -0.15) is 0 Å². The van der Waals surface area contributed by atoms with E-state index in [9.17, 15) is 9.59 Å². The van der Waals surface area contributed by atoms with E-state index < -0.39 is 11.3 Å². The van der Waals surface area contributed by atoms with E-state index in [1.807, 2.05) is 20.8 Å². The van der Waals surface area contributed by atoms with Gasteiger partial charge in [0.05, 0.1) is 12.1 Å². The molecule has 0 bridgehead atoms. The van der Waals surface area contributed by atoms with Crippen LogP contribution in [0, 0.1) is 12.0 Å². The second kappa shape index (κ2) is 4.62. The SMILES string of the molecule is [CH+]=C(NC(=O)C(C)(C)C)C(=O)NC(C)(C)C. The van der Waals surface area contributed by atoms with Gasteiger partial charge in [0.25, 0.3) is 0 Å². The van der Waals surface area contributed by atoms with E-state index in [4.69, 9.17) is 6.58 Å². The largest absolute Gasteiger partial charge is 0.421 e. The molecule has 4 heteroatoms. The fourth-order valence-electron chi connectivity index (χ4n) is 0.775. The zero-order valence-corrected chi connectivity index (χ0v) is 10.9. The van der Waals surface area contributed by atoms with Crippen molar-refractivity contribution >= 4 is 11.8 Å². The molecule has 0 aromatic rings. The zero-order chi connectivity index (χ0) is 13.1. The Kier molecular flexibility index (Phi) is 4.21. The lowest BCUT2D eigenvalue weighted by Gasteiger charge is -2.18. The first-order valence-electron chi connectivity index (χ1n) is 5.20. The lowest BCUT2D eigenvalue weighted by molar-refractivity contribution is -0.129. The highest BCUT2D eigenvalue weighted by Crippen LogP contribution is 2.13. The van der Waals surface area contributed by atoms with Gasteiger partial charge in [-0.3, -0.25) is 15.4 Å². The van der Waals surface area contributed by atoms with Crippen LogP contribution in [0.4, 0.5) is 0 Å². The molecule has 0 aromatic carbocycles. The van der Waals surface area contributed by atoms with Crippen molar-refractivity contribution in [3.63, 3.8) is 0 Å². The third-order valence-electron chi connectivity index (χ3n) is 1.66. The smallest absolute Gasteiger partial charge is 0.279 e. The molecule has 0 aromatic heterocycles. The van der Waals surface area contributed by atoms with Gasteiger partial charge in [-0.1, -0.05) is 20.8 Å². The van der Waals surface area contributed by atoms with Gasteiger partial charge >= 0.3 is 11.6 Å². The first-order chi connectivity index (χ1) is 6.93. The van der Waals surface area contributed by atoms with E-state index in [0.717, 1.165) is 0 Å². The van der Waals surface area contributed by atoms with Crippen molar-refractivity contribution in [1.82, 2.24) is 10.6 Å². The second-order valence-electron chi connectivity index (χ2n) is 5.82. The van der Waals surface area contributed by atoms with Crippen molar-refractivity contribution in [3.05, 3.63) is 12.3 Å². The Morgan fingerprint density at radius 3 is 1.75 bits per heavy atom. The molecule has 0 spiro atoms. The molecule has 90 valence electrons. The maximum atomic E-state index is 11.6. The number of nitrogens with one attached hydrogen (secondary N) is 2. The number of amides is 2. The van der Waals surface area contributed by atoms with Gasteiger partial charge in [0, 0.05) is 5.41 Å². The van der Waals surface area contributed by atoms with Gasteiger partial charge in [0.2, 0.25) is 5.91 Å². The predicted molar refractivity (Wildman–Crippen MR) is 63.3 cm³/mol. The van der Waals surface area contributed by atoms with Gasteiger partial charge in [0.1, 0.15) is 0 Å². The average molecular weight is 225 g/mol. The minimum atomic E-state index is -0.577. The third kappa shape index (κ3) is 5.47. The molecule has 0 atom stereocenters. The van der Waals surface area contributed by atoms with Gasteiger partial charge < -0.3 is 0 Å². The maximum Gasteiger partial charge on any atom is 0.421 e. The Labute approximate surface area is 97.5 Å². The molecule has 0 unspecified atom stereocenters. The second-order valence-corrected chi connectivity index (χ2v) is 5.82. The molecule has 0 radical (unpaired) electrons. The van der Waals surface area contributed by atoms with Gasteiger partial charge in [0.15, 0.2) is 0 Å². The first kappa shape index (κ1) is 14.6. The summed E-state index contributed by atoms with van der Waals surface area (Å²) in [5.41, 5.74) is -1.13. The van der Waals surface area contributed by atoms with Crippen LogP contribution in [0.15, 0.2) is 5.70 Å². The quantitative estimate of drug-likeness (QED) is 0.551. The van der Waals surface area contributed by atoms with Crippen LogP contribution >= 0.6 is 0 Å². The highest BCUT2D eigenvalue weighted by atomic mass is 16.2. The number of carbonyl (C=O) groups excluding carboxylic acids is 2. The van der Waals surface area contributed by atoms with Gasteiger partial charge in [-0.05, 0) is 20.8 Å². The van der Waals surface area contributed by atoms with Crippen LogP contribution in [-0.4, -0.2) is 17.4 Å². The maximum absolute atomic E-state index is 11.6. The van der Waals surface area contributed by atoms with E-state index in [-0.39, 0.29) is 17.1 Å². The van der Waals surface area contributed by atoms with Crippen LogP contribution in [0.2, 0.25) is 0 Å². The summed E-state index contributed by atoms with van der Waals surface area (Å²) in [6.07, 6.45) is 0. The number of carbonyl (C=O) groups is 2. The Bertz CT molecular complexity index is 306. The third-order valence-corrected chi connectivity index (χ3v) is 1.66. The van der Waals surface area contributed by atoms with Crippen molar-refractivity contribution in [3.8, 4) is 0 Å². The molecule has 0 rings (SSSR count). The summed E-state index contributed by atoms with van der Waals surface area (Å²) < 4.78 is 0.